The smallest absolute Gasteiger partial charge is 0.321 e. The summed E-state index contributed by atoms with van der Waals surface area (Å²) in [6.45, 7) is 3.55. The van der Waals surface area contributed by atoms with Gasteiger partial charge in [-0.1, -0.05) is 26.0 Å². The molecule has 0 aromatic heterocycles. The molecular weight excluding hydrogens is 209 g/mol. The summed E-state index contributed by atoms with van der Waals surface area (Å²) >= 11 is 0. The Kier molecular flexibility index (Phi) is 3.65. The highest BCUT2D eigenvalue weighted by Crippen LogP contribution is 2.27. The Balaban J connectivity index is 3.13. The largest absolute Gasteiger partial charge is 0.480 e. The molecule has 0 aliphatic heterocycles. The zero-order valence-corrected chi connectivity index (χ0v) is 9.62. The lowest BCUT2D eigenvalue weighted by molar-refractivity contribution is -0.141. The Labute approximate surface area is 94.3 Å². The number of rotatable bonds is 4. The van der Waals surface area contributed by atoms with Gasteiger partial charge in [0.15, 0.2) is 0 Å². The van der Waals surface area contributed by atoms with E-state index in [0.717, 1.165) is 0 Å². The van der Waals surface area contributed by atoms with Crippen LogP contribution in [0.1, 0.15) is 19.4 Å². The van der Waals surface area contributed by atoms with Crippen LogP contribution in [-0.4, -0.2) is 24.2 Å². The van der Waals surface area contributed by atoms with Crippen LogP contribution in [0.5, 0.6) is 0 Å². The number of likely N-dealkylation sites (N-methyl/N-ethyl adjacent to an activating group) is 1. The summed E-state index contributed by atoms with van der Waals surface area (Å²) < 4.78 is 13.1. The maximum atomic E-state index is 13.1. The average Bonchev–Trinajstić information content (AvgIpc) is 2.17. The van der Waals surface area contributed by atoms with Gasteiger partial charge in [0.05, 0.1) is 0 Å². The third-order valence-corrected chi connectivity index (χ3v) is 2.83. The van der Waals surface area contributed by atoms with Gasteiger partial charge in [-0.25, -0.2) is 4.39 Å². The van der Waals surface area contributed by atoms with Crippen molar-refractivity contribution in [2.24, 2.45) is 0 Å². The minimum Gasteiger partial charge on any atom is -0.480 e. The molecule has 0 saturated carbocycles. The van der Waals surface area contributed by atoms with Gasteiger partial charge in [-0.05, 0) is 24.7 Å². The lowest BCUT2D eigenvalue weighted by Crippen LogP contribution is -2.48. The quantitative estimate of drug-likeness (QED) is 0.821. The van der Waals surface area contributed by atoms with Gasteiger partial charge >= 0.3 is 5.97 Å². The highest BCUT2D eigenvalue weighted by Gasteiger charge is 2.35. The first-order chi connectivity index (χ1) is 7.39. The van der Waals surface area contributed by atoms with Gasteiger partial charge in [0.1, 0.15) is 11.9 Å². The van der Waals surface area contributed by atoms with E-state index in [0.29, 0.717) is 5.56 Å². The number of hydrogen-bond donors (Lipinski definition) is 2. The Morgan fingerprint density at radius 1 is 1.50 bits per heavy atom. The van der Waals surface area contributed by atoms with Crippen LogP contribution in [0.25, 0.3) is 0 Å². The first-order valence-corrected chi connectivity index (χ1v) is 5.05. The van der Waals surface area contributed by atoms with Crippen molar-refractivity contribution in [3.8, 4) is 0 Å². The second kappa shape index (κ2) is 4.61. The predicted octanol–water partition coefficient (Wildman–Crippen LogP) is 1.78. The van der Waals surface area contributed by atoms with Gasteiger partial charge in [-0.3, -0.25) is 4.79 Å². The fraction of sp³-hybridized carbons (Fsp3) is 0.417. The number of nitrogens with one attached hydrogen (secondary N) is 1. The first-order valence-electron chi connectivity index (χ1n) is 5.05. The van der Waals surface area contributed by atoms with E-state index in [1.54, 1.807) is 33.0 Å². The van der Waals surface area contributed by atoms with E-state index in [1.807, 2.05) is 0 Å². The maximum Gasteiger partial charge on any atom is 0.321 e. The molecule has 0 saturated heterocycles. The lowest BCUT2D eigenvalue weighted by atomic mass is 9.77. The normalized spacial score (nSPS) is 13.5. The number of carboxylic acids is 1. The Morgan fingerprint density at radius 3 is 2.56 bits per heavy atom. The molecule has 0 aliphatic carbocycles. The Hall–Kier alpha value is -1.42. The van der Waals surface area contributed by atoms with Crippen molar-refractivity contribution in [1.82, 2.24) is 5.32 Å². The molecule has 1 atom stereocenters. The van der Waals surface area contributed by atoms with E-state index in [-0.39, 0.29) is 5.82 Å². The maximum absolute atomic E-state index is 13.1. The zero-order chi connectivity index (χ0) is 12.3. The SMILES string of the molecule is CNC(C(=O)O)C(C)(C)c1cccc(F)c1. The number of carboxylic acid groups (broad SMARTS) is 1. The summed E-state index contributed by atoms with van der Waals surface area (Å²) in [5, 5.41) is 11.8. The summed E-state index contributed by atoms with van der Waals surface area (Å²) in [7, 11) is 1.58. The molecule has 4 heteroatoms. The van der Waals surface area contributed by atoms with Crippen molar-refractivity contribution in [2.75, 3.05) is 7.05 Å². The average molecular weight is 225 g/mol. The molecule has 3 nitrogen and oxygen atoms in total. The van der Waals surface area contributed by atoms with Crippen molar-refractivity contribution < 1.29 is 14.3 Å². The van der Waals surface area contributed by atoms with E-state index in [9.17, 15) is 9.18 Å². The lowest BCUT2D eigenvalue weighted by Gasteiger charge is -2.31. The summed E-state index contributed by atoms with van der Waals surface area (Å²) in [6.07, 6.45) is 0. The third-order valence-electron chi connectivity index (χ3n) is 2.83. The Morgan fingerprint density at radius 2 is 2.12 bits per heavy atom. The molecule has 0 amide bonds. The van der Waals surface area contributed by atoms with Gasteiger partial charge in [0.25, 0.3) is 0 Å². The van der Waals surface area contributed by atoms with E-state index in [2.05, 4.69) is 5.32 Å². The molecule has 1 rings (SSSR count). The molecule has 1 aromatic rings. The summed E-state index contributed by atoms with van der Waals surface area (Å²) in [5.74, 6) is -1.30. The predicted molar refractivity (Wildman–Crippen MR) is 59.9 cm³/mol. The van der Waals surface area contributed by atoms with Crippen LogP contribution >= 0.6 is 0 Å². The second-order valence-corrected chi connectivity index (χ2v) is 4.29. The topological polar surface area (TPSA) is 49.3 Å². The summed E-state index contributed by atoms with van der Waals surface area (Å²) in [5.41, 5.74) is -0.0166. The monoisotopic (exact) mass is 225 g/mol. The van der Waals surface area contributed by atoms with Gasteiger partial charge < -0.3 is 10.4 Å². The minimum atomic E-state index is -0.947. The van der Waals surface area contributed by atoms with Crippen molar-refractivity contribution in [1.29, 1.82) is 0 Å². The standard InChI is InChI=1S/C12H16FNO2/c1-12(2,10(14-3)11(15)16)8-5-4-6-9(13)7-8/h4-7,10,14H,1-3H3,(H,15,16). The van der Waals surface area contributed by atoms with Gasteiger partial charge in [0, 0.05) is 5.41 Å². The number of carbonyl (C=O) groups is 1. The van der Waals surface area contributed by atoms with Crippen LogP contribution in [0.4, 0.5) is 4.39 Å². The fourth-order valence-corrected chi connectivity index (χ4v) is 1.85. The van der Waals surface area contributed by atoms with E-state index >= 15 is 0 Å². The summed E-state index contributed by atoms with van der Waals surface area (Å²) in [4.78, 5) is 11.1. The van der Waals surface area contributed by atoms with Crippen molar-refractivity contribution in [2.45, 2.75) is 25.3 Å². The summed E-state index contributed by atoms with van der Waals surface area (Å²) in [6, 6.07) is 5.27. The highest BCUT2D eigenvalue weighted by molar-refractivity contribution is 5.76. The van der Waals surface area contributed by atoms with Crippen molar-refractivity contribution in [3.05, 3.63) is 35.6 Å². The second-order valence-electron chi connectivity index (χ2n) is 4.29. The number of hydrogen-bond acceptors (Lipinski definition) is 2. The molecule has 0 radical (unpaired) electrons. The molecule has 0 bridgehead atoms. The van der Waals surface area contributed by atoms with E-state index in [1.165, 1.54) is 12.1 Å². The zero-order valence-electron chi connectivity index (χ0n) is 9.62. The molecule has 1 unspecified atom stereocenters. The molecule has 88 valence electrons. The van der Waals surface area contributed by atoms with Crippen LogP contribution in [0.3, 0.4) is 0 Å². The van der Waals surface area contributed by atoms with Crippen LogP contribution in [0.2, 0.25) is 0 Å². The van der Waals surface area contributed by atoms with Crippen LogP contribution in [0, 0.1) is 5.82 Å². The number of aliphatic carboxylic acids is 1. The first kappa shape index (κ1) is 12.6. The van der Waals surface area contributed by atoms with Crippen molar-refractivity contribution in [3.63, 3.8) is 0 Å². The number of benzene rings is 1. The molecule has 0 aliphatic rings. The van der Waals surface area contributed by atoms with Crippen molar-refractivity contribution >= 4 is 5.97 Å². The number of halogens is 1. The van der Waals surface area contributed by atoms with Crippen LogP contribution in [0.15, 0.2) is 24.3 Å². The van der Waals surface area contributed by atoms with Gasteiger partial charge in [-0.2, -0.15) is 0 Å². The molecule has 0 fully saturated rings. The van der Waals surface area contributed by atoms with Gasteiger partial charge in [-0.15, -0.1) is 0 Å². The van der Waals surface area contributed by atoms with Crippen LogP contribution in [-0.2, 0) is 10.2 Å². The molecule has 0 heterocycles. The molecule has 2 N–H and O–H groups in total. The molecule has 16 heavy (non-hydrogen) atoms. The van der Waals surface area contributed by atoms with E-state index < -0.39 is 17.4 Å². The van der Waals surface area contributed by atoms with Crippen LogP contribution < -0.4 is 5.32 Å². The third kappa shape index (κ3) is 2.39. The Bertz CT molecular complexity index is 390. The molecule has 0 spiro atoms. The van der Waals surface area contributed by atoms with E-state index in [4.69, 9.17) is 5.11 Å². The minimum absolute atomic E-state index is 0.356. The fourth-order valence-electron chi connectivity index (χ4n) is 1.85. The highest BCUT2D eigenvalue weighted by atomic mass is 19.1. The van der Waals surface area contributed by atoms with Gasteiger partial charge in [0.2, 0.25) is 0 Å². The molecular formula is C12H16FNO2. The molecule has 1 aromatic carbocycles.